The van der Waals surface area contributed by atoms with Gasteiger partial charge >= 0.3 is 0 Å². The third-order valence-corrected chi connectivity index (χ3v) is 5.97. The van der Waals surface area contributed by atoms with Crippen molar-refractivity contribution in [1.82, 2.24) is 4.90 Å². The Morgan fingerprint density at radius 3 is 2.38 bits per heavy atom. The molecule has 2 atom stereocenters. The Balaban J connectivity index is 2.82. The summed E-state index contributed by atoms with van der Waals surface area (Å²) >= 11 is 0. The fourth-order valence-corrected chi connectivity index (χ4v) is 4.06. The van der Waals surface area contributed by atoms with E-state index in [0.717, 1.165) is 6.42 Å². The summed E-state index contributed by atoms with van der Waals surface area (Å²) in [6.45, 7) is 6.93. The molecule has 0 aromatic heterocycles. The number of sulfone groups is 1. The van der Waals surface area contributed by atoms with Gasteiger partial charge in [-0.2, -0.15) is 0 Å². The molecule has 1 heterocycles. The van der Waals surface area contributed by atoms with Crippen LogP contribution in [0, 0.1) is 5.92 Å². The number of likely N-dealkylation sites (N-methyl/N-ethyl adjacent to an activating group) is 1. The third kappa shape index (κ3) is 2.57. The van der Waals surface area contributed by atoms with Crippen LogP contribution in [0.4, 0.5) is 0 Å². The number of hydrogen-bond acceptors (Lipinski definition) is 4. The van der Waals surface area contributed by atoms with Crippen LogP contribution < -0.4 is 5.73 Å². The number of nitrogens with zero attached hydrogens (tertiary/aromatic N) is 1. The monoisotopic (exact) mass is 248 g/mol. The summed E-state index contributed by atoms with van der Waals surface area (Å²) in [5.74, 6) is 1.01. The molecular formula is C11H24N2O2S. The number of hydrogen-bond donors (Lipinski definition) is 1. The molecule has 1 aliphatic rings. The summed E-state index contributed by atoms with van der Waals surface area (Å²) in [5, 5.41) is 0. The highest BCUT2D eigenvalue weighted by Crippen LogP contribution is 2.28. The smallest absolute Gasteiger partial charge is 0.151 e. The van der Waals surface area contributed by atoms with Crippen molar-refractivity contribution in [3.05, 3.63) is 0 Å². The minimum atomic E-state index is -2.82. The van der Waals surface area contributed by atoms with Gasteiger partial charge in [0.2, 0.25) is 0 Å². The Morgan fingerprint density at radius 1 is 1.50 bits per heavy atom. The van der Waals surface area contributed by atoms with Gasteiger partial charge in [0.1, 0.15) is 0 Å². The average molecular weight is 248 g/mol. The minimum absolute atomic E-state index is 0.121. The first kappa shape index (κ1) is 13.9. The fraction of sp³-hybridized carbons (Fsp3) is 1.00. The van der Waals surface area contributed by atoms with Crippen LogP contribution in [0.5, 0.6) is 0 Å². The fourth-order valence-electron chi connectivity index (χ4n) is 2.28. The standard InChI is InChI=1S/C11H24N2O2S/c1-9(2)11(3,8-12)13(4)10-5-6-16(14,15)7-10/h9-10H,5-8,12H2,1-4H3. The van der Waals surface area contributed by atoms with Gasteiger partial charge < -0.3 is 5.73 Å². The molecule has 4 nitrogen and oxygen atoms in total. The highest BCUT2D eigenvalue weighted by molar-refractivity contribution is 7.91. The molecule has 0 aromatic rings. The molecule has 2 unspecified atom stereocenters. The molecule has 0 amide bonds. The lowest BCUT2D eigenvalue weighted by Crippen LogP contribution is -2.57. The Morgan fingerprint density at radius 2 is 2.06 bits per heavy atom. The highest BCUT2D eigenvalue weighted by Gasteiger charge is 2.40. The van der Waals surface area contributed by atoms with Gasteiger partial charge in [-0.15, -0.1) is 0 Å². The second kappa shape index (κ2) is 4.63. The molecule has 0 aromatic carbocycles. The van der Waals surface area contributed by atoms with Crippen molar-refractivity contribution in [3.8, 4) is 0 Å². The van der Waals surface area contributed by atoms with E-state index in [2.05, 4.69) is 25.7 Å². The molecule has 16 heavy (non-hydrogen) atoms. The number of nitrogens with two attached hydrogens (primary N) is 1. The third-order valence-electron chi connectivity index (χ3n) is 4.22. The molecule has 0 radical (unpaired) electrons. The van der Waals surface area contributed by atoms with Crippen molar-refractivity contribution >= 4 is 9.84 Å². The van der Waals surface area contributed by atoms with E-state index in [4.69, 9.17) is 5.73 Å². The normalized spacial score (nSPS) is 28.6. The van der Waals surface area contributed by atoms with Gasteiger partial charge in [0.15, 0.2) is 9.84 Å². The molecule has 5 heteroatoms. The first-order chi connectivity index (χ1) is 7.23. The Kier molecular flexibility index (Phi) is 4.03. The summed E-state index contributed by atoms with van der Waals surface area (Å²) in [6.07, 6.45) is 0.737. The first-order valence-corrected chi connectivity index (χ1v) is 7.68. The Hall–Kier alpha value is -0.130. The SMILES string of the molecule is CC(C)C(C)(CN)N(C)C1CCS(=O)(=O)C1. The zero-order valence-corrected chi connectivity index (χ0v) is 11.5. The molecule has 0 aliphatic carbocycles. The maximum Gasteiger partial charge on any atom is 0.151 e. The molecular weight excluding hydrogens is 224 g/mol. The Labute approximate surface area is 99.1 Å². The van der Waals surface area contributed by atoms with Gasteiger partial charge in [0.25, 0.3) is 0 Å². The molecule has 0 bridgehead atoms. The van der Waals surface area contributed by atoms with Crippen molar-refractivity contribution in [3.63, 3.8) is 0 Å². The second-order valence-corrected chi connectivity index (χ2v) is 7.61. The van der Waals surface area contributed by atoms with E-state index in [1.165, 1.54) is 0 Å². The van der Waals surface area contributed by atoms with Gasteiger partial charge in [0, 0.05) is 18.1 Å². The van der Waals surface area contributed by atoms with E-state index < -0.39 is 9.84 Å². The predicted molar refractivity (Wildman–Crippen MR) is 67.1 cm³/mol. The van der Waals surface area contributed by atoms with Crippen LogP contribution in [-0.2, 0) is 9.84 Å². The van der Waals surface area contributed by atoms with Crippen molar-refractivity contribution in [1.29, 1.82) is 0 Å². The van der Waals surface area contributed by atoms with Crippen LogP contribution in [0.3, 0.4) is 0 Å². The molecule has 1 aliphatic heterocycles. The summed E-state index contributed by atoms with van der Waals surface area (Å²) in [7, 11) is -0.819. The summed E-state index contributed by atoms with van der Waals surface area (Å²) in [4.78, 5) is 2.17. The summed E-state index contributed by atoms with van der Waals surface area (Å²) < 4.78 is 22.9. The maximum absolute atomic E-state index is 11.5. The van der Waals surface area contributed by atoms with E-state index in [1.807, 2.05) is 7.05 Å². The van der Waals surface area contributed by atoms with E-state index in [1.54, 1.807) is 0 Å². The van der Waals surface area contributed by atoms with Crippen LogP contribution in [0.2, 0.25) is 0 Å². The van der Waals surface area contributed by atoms with Crippen LogP contribution >= 0.6 is 0 Å². The van der Waals surface area contributed by atoms with Crippen LogP contribution in [-0.4, -0.2) is 50.0 Å². The van der Waals surface area contributed by atoms with Gasteiger partial charge in [-0.3, -0.25) is 4.90 Å². The van der Waals surface area contributed by atoms with E-state index in [-0.39, 0.29) is 17.3 Å². The predicted octanol–water partition coefficient (Wildman–Crippen LogP) is 0.479. The molecule has 1 saturated heterocycles. The topological polar surface area (TPSA) is 63.4 Å². The lowest BCUT2D eigenvalue weighted by molar-refractivity contribution is 0.0619. The van der Waals surface area contributed by atoms with Crippen LogP contribution in [0.25, 0.3) is 0 Å². The Bertz CT molecular complexity index is 340. The van der Waals surface area contributed by atoms with Crippen molar-refractivity contribution < 1.29 is 8.42 Å². The van der Waals surface area contributed by atoms with Gasteiger partial charge in [-0.25, -0.2) is 8.42 Å². The molecule has 0 saturated carbocycles. The lowest BCUT2D eigenvalue weighted by atomic mass is 9.85. The van der Waals surface area contributed by atoms with E-state index >= 15 is 0 Å². The zero-order chi connectivity index (χ0) is 12.6. The van der Waals surface area contributed by atoms with Crippen molar-refractivity contribution in [2.45, 2.75) is 38.8 Å². The largest absolute Gasteiger partial charge is 0.329 e. The van der Waals surface area contributed by atoms with Crippen LogP contribution in [0.15, 0.2) is 0 Å². The minimum Gasteiger partial charge on any atom is -0.329 e. The highest BCUT2D eigenvalue weighted by atomic mass is 32.2. The van der Waals surface area contributed by atoms with Gasteiger partial charge in [-0.1, -0.05) is 13.8 Å². The molecule has 1 rings (SSSR count). The summed E-state index contributed by atoms with van der Waals surface area (Å²) in [6, 6.07) is 0.126. The van der Waals surface area contributed by atoms with Gasteiger partial charge in [-0.05, 0) is 26.3 Å². The van der Waals surface area contributed by atoms with Crippen LogP contribution in [0.1, 0.15) is 27.2 Å². The van der Waals surface area contributed by atoms with Crippen molar-refractivity contribution in [2.24, 2.45) is 11.7 Å². The zero-order valence-electron chi connectivity index (χ0n) is 10.7. The van der Waals surface area contributed by atoms with Gasteiger partial charge in [0.05, 0.1) is 11.5 Å². The average Bonchev–Trinajstić information content (AvgIpc) is 2.56. The molecule has 2 N–H and O–H groups in total. The lowest BCUT2D eigenvalue weighted by Gasteiger charge is -2.44. The first-order valence-electron chi connectivity index (χ1n) is 5.86. The quantitative estimate of drug-likeness (QED) is 0.786. The van der Waals surface area contributed by atoms with Crippen molar-refractivity contribution in [2.75, 3.05) is 25.1 Å². The second-order valence-electron chi connectivity index (χ2n) is 5.38. The molecule has 0 spiro atoms. The maximum atomic E-state index is 11.5. The summed E-state index contributed by atoms with van der Waals surface area (Å²) in [5.41, 5.74) is 5.73. The molecule has 1 fully saturated rings. The van der Waals surface area contributed by atoms with E-state index in [9.17, 15) is 8.42 Å². The number of rotatable bonds is 4. The van der Waals surface area contributed by atoms with E-state index in [0.29, 0.717) is 18.2 Å². The molecule has 96 valence electrons.